The zero-order valence-electron chi connectivity index (χ0n) is 14.7. The van der Waals surface area contributed by atoms with Gasteiger partial charge in [0.2, 0.25) is 5.75 Å². The summed E-state index contributed by atoms with van der Waals surface area (Å²) in [7, 11) is 0. The van der Waals surface area contributed by atoms with Gasteiger partial charge in [0.15, 0.2) is 6.61 Å². The molecule has 0 spiro atoms. The number of aromatic hydroxyl groups is 1. The van der Waals surface area contributed by atoms with Crippen LogP contribution in [0.4, 0.5) is 11.4 Å². The van der Waals surface area contributed by atoms with Crippen LogP contribution in [0.25, 0.3) is 0 Å². The van der Waals surface area contributed by atoms with Gasteiger partial charge >= 0.3 is 5.69 Å². The van der Waals surface area contributed by atoms with Gasteiger partial charge in [-0.1, -0.05) is 19.1 Å². The molecule has 11 heteroatoms. The summed E-state index contributed by atoms with van der Waals surface area (Å²) in [5, 5.41) is 35.1. The van der Waals surface area contributed by atoms with Crippen LogP contribution in [0.2, 0.25) is 0 Å². The van der Waals surface area contributed by atoms with E-state index in [1.54, 1.807) is 12.1 Å². The fourth-order valence-electron chi connectivity index (χ4n) is 2.15. The molecule has 0 radical (unpaired) electrons. The maximum absolute atomic E-state index is 11.7. The van der Waals surface area contributed by atoms with E-state index in [1.807, 2.05) is 19.1 Å². The largest absolute Gasteiger partial charge is 0.502 e. The second-order valence-corrected chi connectivity index (χ2v) is 5.50. The van der Waals surface area contributed by atoms with Crippen LogP contribution < -0.4 is 10.2 Å². The maximum Gasteiger partial charge on any atom is 0.318 e. The number of phenolic OH excluding ortho intramolecular Hbond substituents is 1. The van der Waals surface area contributed by atoms with Crippen molar-refractivity contribution in [3.05, 3.63) is 67.8 Å². The van der Waals surface area contributed by atoms with Crippen molar-refractivity contribution >= 4 is 23.5 Å². The third kappa shape index (κ3) is 5.24. The van der Waals surface area contributed by atoms with E-state index >= 15 is 0 Å². The van der Waals surface area contributed by atoms with Gasteiger partial charge in [-0.3, -0.25) is 25.0 Å². The predicted octanol–water partition coefficient (Wildman–Crippen LogP) is 2.30. The standard InChI is InChI=1S/C17H16N4O7/c1-2-11-3-5-14(6-4-11)28-10-16(22)19-18-9-12-7-13(20(24)25)8-15(17(12)23)21(26)27/h3-9,23H,2,10H2,1H3,(H,19,22)/b18-9+. The SMILES string of the molecule is CCc1ccc(OCC(=O)N/N=C/c2cc([N+](=O)[O-])cc([N+](=O)[O-])c2O)cc1. The number of nitrogens with zero attached hydrogens (tertiary/aromatic N) is 3. The average molecular weight is 388 g/mol. The van der Waals surface area contributed by atoms with Crippen LogP contribution in [0, 0.1) is 20.2 Å². The molecule has 2 aromatic rings. The molecule has 0 aliphatic rings. The molecule has 0 saturated carbocycles. The lowest BCUT2D eigenvalue weighted by atomic mass is 10.1. The van der Waals surface area contributed by atoms with Gasteiger partial charge in [0, 0.05) is 6.07 Å². The number of hydrogen-bond donors (Lipinski definition) is 2. The monoisotopic (exact) mass is 388 g/mol. The lowest BCUT2D eigenvalue weighted by molar-refractivity contribution is -0.394. The van der Waals surface area contributed by atoms with Gasteiger partial charge in [0.25, 0.3) is 11.6 Å². The summed E-state index contributed by atoms with van der Waals surface area (Å²) in [6, 6.07) is 8.69. The van der Waals surface area contributed by atoms with E-state index in [0.29, 0.717) is 11.8 Å². The quantitative estimate of drug-likeness (QED) is 0.399. The van der Waals surface area contributed by atoms with E-state index in [1.165, 1.54) is 0 Å². The van der Waals surface area contributed by atoms with Crippen molar-refractivity contribution in [2.24, 2.45) is 5.10 Å². The predicted molar refractivity (Wildman–Crippen MR) is 98.5 cm³/mol. The molecular weight excluding hydrogens is 372 g/mol. The van der Waals surface area contributed by atoms with Gasteiger partial charge < -0.3 is 9.84 Å². The Hall–Kier alpha value is -4.02. The van der Waals surface area contributed by atoms with Gasteiger partial charge in [-0.15, -0.1) is 0 Å². The molecule has 2 N–H and O–H groups in total. The second-order valence-electron chi connectivity index (χ2n) is 5.50. The second kappa shape index (κ2) is 9.07. The van der Waals surface area contributed by atoms with E-state index in [4.69, 9.17) is 4.74 Å². The molecule has 0 atom stereocenters. The maximum atomic E-state index is 11.7. The first-order valence-corrected chi connectivity index (χ1v) is 8.01. The van der Waals surface area contributed by atoms with Crippen molar-refractivity contribution in [3.8, 4) is 11.5 Å². The number of ether oxygens (including phenoxy) is 1. The van der Waals surface area contributed by atoms with E-state index < -0.39 is 32.9 Å². The van der Waals surface area contributed by atoms with Gasteiger partial charge in [-0.25, -0.2) is 5.43 Å². The number of nitrogens with one attached hydrogen (secondary N) is 1. The molecule has 0 aliphatic carbocycles. The molecule has 2 aromatic carbocycles. The highest BCUT2D eigenvalue weighted by Crippen LogP contribution is 2.33. The summed E-state index contributed by atoms with van der Waals surface area (Å²) in [6.07, 6.45) is 1.74. The molecule has 0 saturated heterocycles. The number of nitro benzene ring substituents is 2. The normalized spacial score (nSPS) is 10.6. The smallest absolute Gasteiger partial charge is 0.318 e. The number of non-ortho nitro benzene ring substituents is 1. The fraction of sp³-hybridized carbons (Fsp3) is 0.176. The van der Waals surface area contributed by atoms with Crippen molar-refractivity contribution in [2.75, 3.05) is 6.61 Å². The Morgan fingerprint density at radius 2 is 1.89 bits per heavy atom. The van der Waals surface area contributed by atoms with Crippen LogP contribution in [0.3, 0.4) is 0 Å². The van der Waals surface area contributed by atoms with Crippen LogP contribution in [0.5, 0.6) is 11.5 Å². The van der Waals surface area contributed by atoms with Crippen molar-refractivity contribution in [2.45, 2.75) is 13.3 Å². The minimum atomic E-state index is -0.962. The molecule has 146 valence electrons. The Morgan fingerprint density at radius 1 is 1.21 bits per heavy atom. The van der Waals surface area contributed by atoms with Crippen LogP contribution in [-0.4, -0.2) is 33.7 Å². The Bertz CT molecular complexity index is 926. The number of carbonyl (C=O) groups is 1. The first kappa shape index (κ1) is 20.3. The molecule has 0 heterocycles. The molecule has 1 amide bonds. The number of carbonyl (C=O) groups excluding carboxylic acids is 1. The zero-order chi connectivity index (χ0) is 20.7. The van der Waals surface area contributed by atoms with Crippen LogP contribution in [0.1, 0.15) is 18.1 Å². The average Bonchev–Trinajstić information content (AvgIpc) is 2.67. The van der Waals surface area contributed by atoms with Gasteiger partial charge in [-0.05, 0) is 24.1 Å². The van der Waals surface area contributed by atoms with Crippen LogP contribution in [-0.2, 0) is 11.2 Å². The van der Waals surface area contributed by atoms with Crippen molar-refractivity contribution < 1.29 is 24.5 Å². The lowest BCUT2D eigenvalue weighted by Gasteiger charge is -2.05. The summed E-state index contributed by atoms with van der Waals surface area (Å²) in [6.45, 7) is 1.67. The van der Waals surface area contributed by atoms with E-state index in [2.05, 4.69) is 10.5 Å². The number of nitro groups is 2. The molecule has 28 heavy (non-hydrogen) atoms. The first-order chi connectivity index (χ1) is 13.3. The highest BCUT2D eigenvalue weighted by Gasteiger charge is 2.23. The number of phenols is 1. The van der Waals surface area contributed by atoms with Crippen molar-refractivity contribution in [1.82, 2.24) is 5.43 Å². The zero-order valence-corrected chi connectivity index (χ0v) is 14.7. The highest BCUT2D eigenvalue weighted by molar-refractivity contribution is 5.88. The molecule has 0 unspecified atom stereocenters. The summed E-state index contributed by atoms with van der Waals surface area (Å²) in [4.78, 5) is 31.7. The number of hydrogen-bond acceptors (Lipinski definition) is 8. The minimum absolute atomic E-state index is 0.294. The molecule has 0 aliphatic heterocycles. The molecular formula is C17H16N4O7. The molecule has 0 fully saturated rings. The molecule has 11 nitrogen and oxygen atoms in total. The molecule has 0 bridgehead atoms. The van der Waals surface area contributed by atoms with Gasteiger partial charge in [0.05, 0.1) is 27.7 Å². The third-order valence-electron chi connectivity index (χ3n) is 3.61. The van der Waals surface area contributed by atoms with Crippen molar-refractivity contribution in [1.29, 1.82) is 0 Å². The Kier molecular flexibility index (Phi) is 6.58. The Morgan fingerprint density at radius 3 is 2.46 bits per heavy atom. The topological polar surface area (TPSA) is 157 Å². The number of hydrazone groups is 1. The van der Waals surface area contributed by atoms with Crippen molar-refractivity contribution in [3.63, 3.8) is 0 Å². The first-order valence-electron chi connectivity index (χ1n) is 8.01. The molecule has 2 rings (SSSR count). The molecule has 0 aromatic heterocycles. The minimum Gasteiger partial charge on any atom is -0.502 e. The third-order valence-corrected chi connectivity index (χ3v) is 3.61. The van der Waals surface area contributed by atoms with E-state index in [-0.39, 0.29) is 12.2 Å². The summed E-state index contributed by atoms with van der Waals surface area (Å²) in [5.74, 6) is -0.945. The Labute approximate surface area is 158 Å². The fourth-order valence-corrected chi connectivity index (χ4v) is 2.15. The Balaban J connectivity index is 2.01. The van der Waals surface area contributed by atoms with Crippen LogP contribution >= 0.6 is 0 Å². The highest BCUT2D eigenvalue weighted by atomic mass is 16.6. The van der Waals surface area contributed by atoms with E-state index in [0.717, 1.165) is 24.3 Å². The number of aryl methyl sites for hydroxylation is 1. The number of rotatable bonds is 8. The summed E-state index contributed by atoms with van der Waals surface area (Å²) >= 11 is 0. The lowest BCUT2D eigenvalue weighted by Crippen LogP contribution is -2.24. The number of benzene rings is 2. The van der Waals surface area contributed by atoms with Gasteiger partial charge in [-0.2, -0.15) is 5.10 Å². The summed E-state index contributed by atoms with van der Waals surface area (Å²) < 4.78 is 5.28. The number of amides is 1. The van der Waals surface area contributed by atoms with Gasteiger partial charge in [0.1, 0.15) is 5.75 Å². The van der Waals surface area contributed by atoms with Crippen LogP contribution in [0.15, 0.2) is 41.5 Å². The van der Waals surface area contributed by atoms with E-state index in [9.17, 15) is 30.1 Å². The summed E-state index contributed by atoms with van der Waals surface area (Å²) in [5.41, 5.74) is 1.48.